The Morgan fingerprint density at radius 2 is 1.76 bits per heavy atom. The number of fused-ring (bicyclic) bond motifs is 2. The molecule has 4 aliphatic rings. The van der Waals surface area contributed by atoms with Gasteiger partial charge in [-0.1, -0.05) is 51.1 Å². The summed E-state index contributed by atoms with van der Waals surface area (Å²) in [5.41, 5.74) is -0.529. The Hall–Kier alpha value is -1.34. The molecule has 1 aromatic rings. The molecule has 2 heterocycles. The van der Waals surface area contributed by atoms with Crippen LogP contribution in [0.4, 0.5) is 0 Å². The van der Waals surface area contributed by atoms with E-state index in [9.17, 15) is 13.2 Å². The van der Waals surface area contributed by atoms with E-state index in [4.69, 9.17) is 27.6 Å². The Labute approximate surface area is 252 Å². The summed E-state index contributed by atoms with van der Waals surface area (Å²) >= 11 is 0. The lowest BCUT2D eigenvalue weighted by Gasteiger charge is -2.62. The highest BCUT2D eigenvalue weighted by molar-refractivity contribution is 7.85. The van der Waals surface area contributed by atoms with E-state index >= 15 is 0 Å². The van der Waals surface area contributed by atoms with Crippen LogP contribution in [-0.2, 0) is 49.1 Å². The van der Waals surface area contributed by atoms with Gasteiger partial charge in [0.2, 0.25) is 0 Å². The molecule has 0 N–H and O–H groups in total. The third-order valence-electron chi connectivity index (χ3n) is 10.5. The number of ether oxygens (including phenoxy) is 4. The standard InChI is InChI=1S/C31H48O9SSi/c1-28(2,3)42(7,8)40-24-14-15-30(19-37-41(6,33)34,18-35-17-21-12-10-9-11-13-21)26-25-23(38-29(4,5)39-25)16-22-27(32)36-20-31(22,24)26/h9-13,22-26H,14-20H2,1-8H3/t22-,23+,24-,25+,26+,30-,31+/m1/s1. The first-order chi connectivity index (χ1) is 19.4. The molecule has 1 aromatic carbocycles. The molecule has 42 heavy (non-hydrogen) atoms. The van der Waals surface area contributed by atoms with Gasteiger partial charge in [-0.25, -0.2) is 0 Å². The first kappa shape index (κ1) is 32.1. The maximum atomic E-state index is 13.5. The Morgan fingerprint density at radius 1 is 1.07 bits per heavy atom. The Morgan fingerprint density at radius 3 is 2.40 bits per heavy atom. The average Bonchev–Trinajstić information content (AvgIpc) is 3.37. The number of carbonyl (C=O) groups excluding carboxylic acids is 1. The largest absolute Gasteiger partial charge is 0.465 e. The van der Waals surface area contributed by atoms with Crippen molar-refractivity contribution in [2.45, 2.75) is 103 Å². The van der Waals surface area contributed by atoms with Crippen molar-refractivity contribution < 1.29 is 40.8 Å². The molecule has 0 bridgehead atoms. The van der Waals surface area contributed by atoms with Crippen LogP contribution in [0.2, 0.25) is 18.1 Å². The second-order valence-corrected chi connectivity index (χ2v) is 21.2. The molecule has 2 saturated carbocycles. The summed E-state index contributed by atoms with van der Waals surface area (Å²) in [6.45, 7) is 15.5. The van der Waals surface area contributed by atoms with Crippen LogP contribution in [0.3, 0.4) is 0 Å². The molecular weight excluding hydrogens is 576 g/mol. The highest BCUT2D eigenvalue weighted by atomic mass is 32.2. The third-order valence-corrected chi connectivity index (χ3v) is 15.5. The lowest BCUT2D eigenvalue weighted by atomic mass is 9.45. The second-order valence-electron chi connectivity index (χ2n) is 14.8. The zero-order valence-electron chi connectivity index (χ0n) is 26.3. The van der Waals surface area contributed by atoms with E-state index in [0.717, 1.165) is 11.8 Å². The third kappa shape index (κ3) is 5.87. The van der Waals surface area contributed by atoms with Gasteiger partial charge in [0.1, 0.15) is 6.61 Å². The van der Waals surface area contributed by atoms with E-state index in [1.54, 1.807) is 0 Å². The number of benzene rings is 1. The number of hydrogen-bond donors (Lipinski definition) is 0. The minimum absolute atomic E-state index is 0.0446. The first-order valence-corrected chi connectivity index (χ1v) is 19.8. The summed E-state index contributed by atoms with van der Waals surface area (Å²) in [5.74, 6) is -1.95. The Kier molecular flexibility index (Phi) is 8.34. The Balaban J connectivity index is 1.61. The van der Waals surface area contributed by atoms with Crippen LogP contribution in [0, 0.1) is 22.7 Å². The molecule has 236 valence electrons. The molecule has 2 saturated heterocycles. The fourth-order valence-corrected chi connectivity index (χ4v) is 9.47. The highest BCUT2D eigenvalue weighted by Crippen LogP contribution is 2.66. The van der Waals surface area contributed by atoms with E-state index in [1.165, 1.54) is 0 Å². The minimum atomic E-state index is -3.77. The van der Waals surface area contributed by atoms with Crippen molar-refractivity contribution in [1.29, 1.82) is 0 Å². The SMILES string of the molecule is CC1(C)O[C@H]2[C@H](C[C@@H]3C(=O)OC[C@@]34[C@H](O[Si](C)(C)C(C)(C)C)CC[C@@](COCc3ccccc3)(COS(C)(=O)=O)[C@H]24)O1. The van der Waals surface area contributed by atoms with Crippen LogP contribution in [0.1, 0.15) is 59.4 Å². The molecule has 0 unspecified atom stereocenters. The van der Waals surface area contributed by atoms with Gasteiger partial charge in [0, 0.05) is 16.7 Å². The molecular formula is C31H48O9SSi. The van der Waals surface area contributed by atoms with Crippen molar-refractivity contribution in [2.24, 2.45) is 22.7 Å². The molecule has 2 aliphatic carbocycles. The summed E-state index contributed by atoms with van der Waals surface area (Å²) < 4.78 is 63.0. The maximum Gasteiger partial charge on any atom is 0.309 e. The van der Waals surface area contributed by atoms with Gasteiger partial charge in [-0.3, -0.25) is 8.98 Å². The topological polar surface area (TPSA) is 107 Å². The smallest absolute Gasteiger partial charge is 0.309 e. The molecule has 1 spiro atoms. The van der Waals surface area contributed by atoms with Crippen molar-refractivity contribution >= 4 is 24.4 Å². The normalized spacial score (nSPS) is 36.2. The highest BCUT2D eigenvalue weighted by Gasteiger charge is 2.74. The number of carbonyl (C=O) groups is 1. The summed E-state index contributed by atoms with van der Waals surface area (Å²) in [5, 5.41) is -0.0446. The van der Waals surface area contributed by atoms with Gasteiger partial charge in [0.05, 0.1) is 50.3 Å². The lowest BCUT2D eigenvalue weighted by Crippen LogP contribution is -2.69. The maximum absolute atomic E-state index is 13.5. The van der Waals surface area contributed by atoms with Gasteiger partial charge < -0.3 is 23.4 Å². The second kappa shape index (κ2) is 10.9. The van der Waals surface area contributed by atoms with E-state index in [0.29, 0.717) is 25.9 Å². The van der Waals surface area contributed by atoms with Crippen molar-refractivity contribution in [3.63, 3.8) is 0 Å². The lowest BCUT2D eigenvalue weighted by molar-refractivity contribution is -0.226. The molecule has 9 nitrogen and oxygen atoms in total. The van der Waals surface area contributed by atoms with Crippen molar-refractivity contribution in [3.05, 3.63) is 35.9 Å². The van der Waals surface area contributed by atoms with Crippen LogP contribution < -0.4 is 0 Å². The van der Waals surface area contributed by atoms with Crippen molar-refractivity contribution in [2.75, 3.05) is 26.1 Å². The first-order valence-electron chi connectivity index (χ1n) is 15.1. The molecule has 0 amide bonds. The average molecular weight is 625 g/mol. The summed E-state index contributed by atoms with van der Waals surface area (Å²) in [6.07, 6.45) is 1.70. The predicted octanol–water partition coefficient (Wildman–Crippen LogP) is 5.05. The quantitative estimate of drug-likeness (QED) is 0.212. The Bertz CT molecular complexity index is 1260. The van der Waals surface area contributed by atoms with Gasteiger partial charge in [-0.05, 0) is 56.8 Å². The number of esters is 1. The van der Waals surface area contributed by atoms with Gasteiger partial charge >= 0.3 is 5.97 Å². The fraction of sp³-hybridized carbons (Fsp3) is 0.774. The van der Waals surface area contributed by atoms with Crippen LogP contribution in [0.15, 0.2) is 30.3 Å². The number of cyclic esters (lactones) is 1. The van der Waals surface area contributed by atoms with Gasteiger partial charge in [0.15, 0.2) is 14.1 Å². The number of hydrogen-bond acceptors (Lipinski definition) is 9. The zero-order chi connectivity index (χ0) is 30.8. The van der Waals surface area contributed by atoms with Crippen LogP contribution in [0.5, 0.6) is 0 Å². The molecule has 0 radical (unpaired) electrons. The van der Waals surface area contributed by atoms with Crippen LogP contribution in [0.25, 0.3) is 0 Å². The van der Waals surface area contributed by atoms with Crippen molar-refractivity contribution in [3.8, 4) is 0 Å². The van der Waals surface area contributed by atoms with E-state index in [1.807, 2.05) is 44.2 Å². The van der Waals surface area contributed by atoms with Crippen molar-refractivity contribution in [1.82, 2.24) is 0 Å². The number of rotatable bonds is 9. The summed E-state index contributed by atoms with van der Waals surface area (Å²) in [6, 6.07) is 9.87. The van der Waals surface area contributed by atoms with E-state index in [2.05, 4.69) is 33.9 Å². The molecule has 11 heteroatoms. The van der Waals surface area contributed by atoms with E-state index in [-0.39, 0.29) is 49.0 Å². The molecule has 7 atom stereocenters. The summed E-state index contributed by atoms with van der Waals surface area (Å²) in [4.78, 5) is 13.5. The zero-order valence-corrected chi connectivity index (χ0v) is 28.1. The summed E-state index contributed by atoms with van der Waals surface area (Å²) in [7, 11) is -6.05. The van der Waals surface area contributed by atoms with E-state index < -0.39 is 47.1 Å². The predicted molar refractivity (Wildman–Crippen MR) is 159 cm³/mol. The van der Waals surface area contributed by atoms with Gasteiger partial charge in [-0.2, -0.15) is 8.42 Å². The van der Waals surface area contributed by atoms with Crippen LogP contribution >= 0.6 is 0 Å². The molecule has 5 rings (SSSR count). The molecule has 2 aliphatic heterocycles. The molecule has 0 aromatic heterocycles. The monoisotopic (exact) mass is 624 g/mol. The van der Waals surface area contributed by atoms with Gasteiger partial charge in [-0.15, -0.1) is 0 Å². The minimum Gasteiger partial charge on any atom is -0.465 e. The fourth-order valence-electron chi connectivity index (χ4n) is 7.62. The molecule has 4 fully saturated rings. The van der Waals surface area contributed by atoms with Crippen LogP contribution in [-0.4, -0.2) is 72.9 Å². The van der Waals surface area contributed by atoms with Gasteiger partial charge in [0.25, 0.3) is 10.1 Å².